The lowest BCUT2D eigenvalue weighted by atomic mass is 9.87. The van der Waals surface area contributed by atoms with Gasteiger partial charge in [-0.3, -0.25) is 0 Å². The van der Waals surface area contributed by atoms with Crippen LogP contribution in [0.25, 0.3) is 0 Å². The molecule has 0 aliphatic heterocycles. The average Bonchev–Trinajstić information content (AvgIpc) is 2.49. The van der Waals surface area contributed by atoms with Crippen LogP contribution in [-0.4, -0.2) is 38.7 Å². The Morgan fingerprint density at radius 3 is 2.95 bits per heavy atom. The van der Waals surface area contributed by atoms with Gasteiger partial charge in [-0.2, -0.15) is 0 Å². The third-order valence-electron chi connectivity index (χ3n) is 4.09. The van der Waals surface area contributed by atoms with Gasteiger partial charge in [0.05, 0.1) is 6.61 Å². The third-order valence-corrected chi connectivity index (χ3v) is 4.09. The quantitative estimate of drug-likeness (QED) is 0.743. The minimum Gasteiger partial charge on any atom is -0.494 e. The highest BCUT2D eigenvalue weighted by molar-refractivity contribution is 5.39. The fraction of sp³-hybridized carbons (Fsp3) is 0.667. The number of nitrogens with one attached hydrogen (secondary N) is 1. The van der Waals surface area contributed by atoms with Gasteiger partial charge in [0.25, 0.3) is 0 Å². The first-order valence-corrected chi connectivity index (χ1v) is 8.34. The molecule has 1 atom stereocenters. The van der Waals surface area contributed by atoms with Crippen LogP contribution in [0.4, 0.5) is 0 Å². The maximum Gasteiger partial charge on any atom is 0.119 e. The molecule has 1 aromatic carbocycles. The molecule has 0 fully saturated rings. The first kappa shape index (κ1) is 16.3. The van der Waals surface area contributed by atoms with Gasteiger partial charge >= 0.3 is 0 Å². The number of aryl methyl sites for hydroxylation is 1. The molecule has 0 saturated heterocycles. The largest absolute Gasteiger partial charge is 0.494 e. The van der Waals surface area contributed by atoms with E-state index in [1.165, 1.54) is 36.8 Å². The lowest BCUT2D eigenvalue weighted by Crippen LogP contribution is -2.25. The van der Waals surface area contributed by atoms with Crippen LogP contribution >= 0.6 is 0 Å². The molecule has 0 spiro atoms. The van der Waals surface area contributed by atoms with Crippen molar-refractivity contribution in [2.75, 3.05) is 33.8 Å². The van der Waals surface area contributed by atoms with Gasteiger partial charge in [-0.15, -0.1) is 0 Å². The van der Waals surface area contributed by atoms with E-state index in [1.54, 1.807) is 0 Å². The van der Waals surface area contributed by atoms with E-state index in [9.17, 15) is 0 Å². The summed E-state index contributed by atoms with van der Waals surface area (Å²) in [5, 5.41) is 3.67. The number of hydrogen-bond acceptors (Lipinski definition) is 3. The molecule has 21 heavy (non-hydrogen) atoms. The van der Waals surface area contributed by atoms with Crippen molar-refractivity contribution in [3.63, 3.8) is 0 Å². The van der Waals surface area contributed by atoms with Crippen molar-refractivity contribution < 1.29 is 4.74 Å². The zero-order valence-electron chi connectivity index (χ0n) is 13.8. The van der Waals surface area contributed by atoms with Gasteiger partial charge in [0.15, 0.2) is 0 Å². The second-order valence-corrected chi connectivity index (χ2v) is 6.26. The molecule has 1 aliphatic carbocycles. The molecule has 3 heteroatoms. The molecule has 1 N–H and O–H groups in total. The van der Waals surface area contributed by atoms with Crippen molar-refractivity contribution in [2.24, 2.45) is 0 Å². The molecule has 1 aliphatic rings. The number of benzene rings is 1. The fourth-order valence-electron chi connectivity index (χ4n) is 2.98. The van der Waals surface area contributed by atoms with E-state index in [0.29, 0.717) is 6.04 Å². The Labute approximate surface area is 129 Å². The van der Waals surface area contributed by atoms with Crippen molar-refractivity contribution in [2.45, 2.75) is 45.1 Å². The molecule has 2 rings (SSSR count). The number of fused-ring (bicyclic) bond motifs is 1. The van der Waals surface area contributed by atoms with E-state index in [4.69, 9.17) is 4.74 Å². The third kappa shape index (κ3) is 5.01. The Hall–Kier alpha value is -1.06. The van der Waals surface area contributed by atoms with Crippen LogP contribution in [-0.2, 0) is 6.42 Å². The molecule has 118 valence electrons. The summed E-state index contributed by atoms with van der Waals surface area (Å²) in [5.74, 6) is 1.03. The second kappa shape index (κ2) is 8.40. The summed E-state index contributed by atoms with van der Waals surface area (Å²) in [4.78, 5) is 2.19. The van der Waals surface area contributed by atoms with Gasteiger partial charge < -0.3 is 15.0 Å². The van der Waals surface area contributed by atoms with Gasteiger partial charge in [-0.25, -0.2) is 0 Å². The van der Waals surface area contributed by atoms with Crippen molar-refractivity contribution >= 4 is 0 Å². The highest BCUT2D eigenvalue weighted by atomic mass is 16.5. The minimum absolute atomic E-state index is 0.538. The molecule has 1 unspecified atom stereocenters. The van der Waals surface area contributed by atoms with Gasteiger partial charge in [-0.1, -0.05) is 13.0 Å². The van der Waals surface area contributed by atoms with E-state index in [0.717, 1.165) is 31.9 Å². The average molecular weight is 290 g/mol. The van der Waals surface area contributed by atoms with Crippen LogP contribution in [0.5, 0.6) is 5.75 Å². The zero-order valence-corrected chi connectivity index (χ0v) is 13.8. The Kier molecular flexibility index (Phi) is 6.52. The lowest BCUT2D eigenvalue weighted by molar-refractivity contribution is 0.281. The van der Waals surface area contributed by atoms with Crippen molar-refractivity contribution in [1.29, 1.82) is 0 Å². The molecule has 0 heterocycles. The Morgan fingerprint density at radius 1 is 1.33 bits per heavy atom. The Bertz CT molecular complexity index is 431. The zero-order chi connectivity index (χ0) is 15.1. The molecule has 0 radical (unpaired) electrons. The van der Waals surface area contributed by atoms with E-state index >= 15 is 0 Å². The van der Waals surface area contributed by atoms with Crippen LogP contribution in [0.3, 0.4) is 0 Å². The lowest BCUT2D eigenvalue weighted by Gasteiger charge is -2.27. The molecular formula is C18H30N2O. The van der Waals surface area contributed by atoms with Gasteiger partial charge in [0.1, 0.15) is 5.75 Å². The monoisotopic (exact) mass is 290 g/mol. The van der Waals surface area contributed by atoms with E-state index in [-0.39, 0.29) is 0 Å². The van der Waals surface area contributed by atoms with Gasteiger partial charge in [0.2, 0.25) is 0 Å². The molecule has 0 aromatic heterocycles. The molecule has 1 aromatic rings. The van der Waals surface area contributed by atoms with Crippen LogP contribution in [0.15, 0.2) is 18.2 Å². The summed E-state index contributed by atoms with van der Waals surface area (Å²) in [6.07, 6.45) is 5.99. The van der Waals surface area contributed by atoms with Crippen LogP contribution < -0.4 is 10.1 Å². The normalized spacial score (nSPS) is 17.8. The van der Waals surface area contributed by atoms with Crippen LogP contribution in [0.1, 0.15) is 49.8 Å². The minimum atomic E-state index is 0.538. The summed E-state index contributed by atoms with van der Waals surface area (Å²) in [6, 6.07) is 7.20. The van der Waals surface area contributed by atoms with E-state index < -0.39 is 0 Å². The van der Waals surface area contributed by atoms with Crippen molar-refractivity contribution in [1.82, 2.24) is 10.2 Å². The first-order chi connectivity index (χ1) is 10.2. The van der Waals surface area contributed by atoms with Crippen molar-refractivity contribution in [3.05, 3.63) is 29.3 Å². The highest BCUT2D eigenvalue weighted by Crippen LogP contribution is 2.32. The van der Waals surface area contributed by atoms with Gasteiger partial charge in [-0.05, 0) is 76.0 Å². The smallest absolute Gasteiger partial charge is 0.119 e. The van der Waals surface area contributed by atoms with Crippen LogP contribution in [0, 0.1) is 0 Å². The number of rotatable bonds is 8. The Morgan fingerprint density at radius 2 is 2.19 bits per heavy atom. The molecular weight excluding hydrogens is 260 g/mol. The standard InChI is InChI=1S/C18H30N2O/c1-4-11-19-18-8-5-7-15-14-16(9-10-17(15)18)21-13-6-12-20(2)3/h9-10,14,18-19H,4-8,11-13H2,1-3H3. The number of ether oxygens (including phenoxy) is 1. The first-order valence-electron chi connectivity index (χ1n) is 8.34. The summed E-state index contributed by atoms with van der Waals surface area (Å²) < 4.78 is 5.89. The predicted molar refractivity (Wildman–Crippen MR) is 89.1 cm³/mol. The molecule has 0 bridgehead atoms. The predicted octanol–water partition coefficient (Wildman–Crippen LogP) is 3.39. The van der Waals surface area contributed by atoms with E-state index in [1.807, 2.05) is 0 Å². The van der Waals surface area contributed by atoms with Gasteiger partial charge in [0, 0.05) is 12.6 Å². The summed E-state index contributed by atoms with van der Waals surface area (Å²) in [7, 11) is 4.20. The van der Waals surface area contributed by atoms with Crippen molar-refractivity contribution in [3.8, 4) is 5.75 Å². The Balaban J connectivity index is 1.92. The summed E-state index contributed by atoms with van der Waals surface area (Å²) in [6.45, 7) is 5.21. The maximum absolute atomic E-state index is 5.89. The summed E-state index contributed by atoms with van der Waals surface area (Å²) >= 11 is 0. The number of nitrogens with zero attached hydrogens (tertiary/aromatic N) is 1. The SMILES string of the molecule is CCCNC1CCCc2cc(OCCCN(C)C)ccc21. The molecule has 0 saturated carbocycles. The fourth-order valence-corrected chi connectivity index (χ4v) is 2.98. The topological polar surface area (TPSA) is 24.5 Å². The summed E-state index contributed by atoms with van der Waals surface area (Å²) in [5.41, 5.74) is 2.95. The second-order valence-electron chi connectivity index (χ2n) is 6.26. The van der Waals surface area contributed by atoms with E-state index in [2.05, 4.69) is 49.4 Å². The van der Waals surface area contributed by atoms with Crippen LogP contribution in [0.2, 0.25) is 0 Å². The highest BCUT2D eigenvalue weighted by Gasteiger charge is 2.19. The molecule has 3 nitrogen and oxygen atoms in total. The number of hydrogen-bond donors (Lipinski definition) is 1. The molecule has 0 amide bonds. The maximum atomic E-state index is 5.89.